The van der Waals surface area contributed by atoms with Gasteiger partial charge >= 0.3 is 0 Å². The zero-order valence-electron chi connectivity index (χ0n) is 16.4. The molecule has 1 aromatic rings. The molecule has 0 spiro atoms. The van der Waals surface area contributed by atoms with Crippen molar-refractivity contribution in [2.75, 3.05) is 53.7 Å². The molecule has 1 N–H and O–H groups in total. The molecule has 0 amide bonds. The lowest BCUT2D eigenvalue weighted by molar-refractivity contribution is 0.172. The normalized spacial score (nSPS) is 17.3. The lowest BCUT2D eigenvalue weighted by Crippen LogP contribution is -2.41. The molecule has 0 radical (unpaired) electrons. The summed E-state index contributed by atoms with van der Waals surface area (Å²) in [7, 11) is 3.80. The van der Waals surface area contributed by atoms with E-state index in [2.05, 4.69) is 36.3 Å². The Labute approximate surface area is 157 Å². The molecule has 146 valence electrons. The fraction of sp³-hybridized carbons (Fsp3) is 0.650. The van der Waals surface area contributed by atoms with Gasteiger partial charge < -0.3 is 24.4 Å². The van der Waals surface area contributed by atoms with Gasteiger partial charge in [-0.05, 0) is 31.0 Å². The van der Waals surface area contributed by atoms with Crippen molar-refractivity contribution in [2.24, 2.45) is 10.9 Å². The second-order valence-corrected chi connectivity index (χ2v) is 6.62. The van der Waals surface area contributed by atoms with Gasteiger partial charge in [-0.3, -0.25) is 0 Å². The zero-order chi connectivity index (χ0) is 18.6. The van der Waals surface area contributed by atoms with Gasteiger partial charge in [0.05, 0.1) is 19.8 Å². The van der Waals surface area contributed by atoms with Crippen molar-refractivity contribution in [1.82, 2.24) is 10.2 Å². The standard InChI is InChI=1S/C20H33N3O3/c1-4-21-20(23(2)15-18-9-12-25-16-18)22-14-17-7-5-8-19(13-17)26-11-6-10-24-3/h5,7-8,13,18H,4,6,9-12,14-16H2,1-3H3,(H,21,22). The van der Waals surface area contributed by atoms with Gasteiger partial charge in [0.1, 0.15) is 5.75 Å². The summed E-state index contributed by atoms with van der Waals surface area (Å²) in [5, 5.41) is 3.38. The SMILES string of the molecule is CCNC(=NCc1cccc(OCCCOC)c1)N(C)CC1CCOC1. The molecule has 1 saturated heterocycles. The van der Waals surface area contributed by atoms with E-state index < -0.39 is 0 Å². The van der Waals surface area contributed by atoms with Crippen LogP contribution in [0, 0.1) is 5.92 Å². The third-order valence-corrected chi connectivity index (χ3v) is 4.32. The van der Waals surface area contributed by atoms with Gasteiger partial charge in [0.15, 0.2) is 5.96 Å². The van der Waals surface area contributed by atoms with Crippen LogP contribution in [0.5, 0.6) is 5.75 Å². The van der Waals surface area contributed by atoms with Crippen molar-refractivity contribution < 1.29 is 14.2 Å². The predicted octanol–water partition coefficient (Wildman–Crippen LogP) is 2.54. The monoisotopic (exact) mass is 363 g/mol. The van der Waals surface area contributed by atoms with Crippen LogP contribution in [0.15, 0.2) is 29.3 Å². The number of methoxy groups -OCH3 is 1. The summed E-state index contributed by atoms with van der Waals surface area (Å²) < 4.78 is 16.3. The smallest absolute Gasteiger partial charge is 0.193 e. The Morgan fingerprint density at radius 1 is 1.38 bits per heavy atom. The molecule has 0 aliphatic carbocycles. The number of guanidine groups is 1. The molecule has 1 heterocycles. The summed E-state index contributed by atoms with van der Waals surface area (Å²) in [5.74, 6) is 2.41. The Morgan fingerprint density at radius 2 is 2.27 bits per heavy atom. The van der Waals surface area contributed by atoms with E-state index in [4.69, 9.17) is 19.2 Å². The van der Waals surface area contributed by atoms with Gasteiger partial charge in [-0.1, -0.05) is 12.1 Å². The molecular formula is C20H33N3O3. The molecule has 1 aliphatic rings. The van der Waals surface area contributed by atoms with Crippen LogP contribution >= 0.6 is 0 Å². The van der Waals surface area contributed by atoms with Crippen molar-refractivity contribution in [2.45, 2.75) is 26.3 Å². The van der Waals surface area contributed by atoms with E-state index >= 15 is 0 Å². The lowest BCUT2D eigenvalue weighted by Gasteiger charge is -2.24. The number of nitrogens with zero attached hydrogens (tertiary/aromatic N) is 2. The quantitative estimate of drug-likeness (QED) is 0.393. The summed E-state index contributed by atoms with van der Waals surface area (Å²) in [6.45, 7) is 7.65. The number of hydrogen-bond acceptors (Lipinski definition) is 4. The zero-order valence-corrected chi connectivity index (χ0v) is 16.4. The molecule has 26 heavy (non-hydrogen) atoms. The first-order chi connectivity index (χ1) is 12.7. The first-order valence-corrected chi connectivity index (χ1v) is 9.50. The van der Waals surface area contributed by atoms with Gasteiger partial charge in [0, 0.05) is 52.8 Å². The maximum atomic E-state index is 5.77. The van der Waals surface area contributed by atoms with Crippen LogP contribution in [0.3, 0.4) is 0 Å². The minimum absolute atomic E-state index is 0.590. The maximum absolute atomic E-state index is 5.77. The first-order valence-electron chi connectivity index (χ1n) is 9.50. The van der Waals surface area contributed by atoms with Crippen LogP contribution in [0.25, 0.3) is 0 Å². The first kappa shape index (κ1) is 20.5. The summed E-state index contributed by atoms with van der Waals surface area (Å²) in [4.78, 5) is 6.99. The highest BCUT2D eigenvalue weighted by molar-refractivity contribution is 5.79. The number of aliphatic imine (C=N–C) groups is 1. The minimum Gasteiger partial charge on any atom is -0.493 e. The van der Waals surface area contributed by atoms with Crippen LogP contribution in [0.1, 0.15) is 25.3 Å². The third-order valence-electron chi connectivity index (χ3n) is 4.32. The molecular weight excluding hydrogens is 330 g/mol. The summed E-state index contributed by atoms with van der Waals surface area (Å²) in [6, 6.07) is 8.14. The van der Waals surface area contributed by atoms with E-state index in [9.17, 15) is 0 Å². The summed E-state index contributed by atoms with van der Waals surface area (Å²) in [5.41, 5.74) is 1.14. The molecule has 1 unspecified atom stereocenters. The Morgan fingerprint density at radius 3 is 3.00 bits per heavy atom. The number of rotatable bonds is 10. The Kier molecular flexibility index (Phi) is 9.28. The molecule has 6 nitrogen and oxygen atoms in total. The second kappa shape index (κ2) is 11.8. The van der Waals surface area contributed by atoms with Gasteiger partial charge in [0.2, 0.25) is 0 Å². The topological polar surface area (TPSA) is 55.3 Å². The summed E-state index contributed by atoms with van der Waals surface area (Å²) in [6.07, 6.45) is 2.02. The molecule has 2 rings (SSSR count). The van der Waals surface area contributed by atoms with Crippen LogP contribution in [-0.2, 0) is 16.0 Å². The average molecular weight is 364 g/mol. The van der Waals surface area contributed by atoms with Crippen LogP contribution in [0.2, 0.25) is 0 Å². The Balaban J connectivity index is 1.90. The van der Waals surface area contributed by atoms with E-state index in [0.717, 1.165) is 56.4 Å². The Hall–Kier alpha value is -1.79. The fourth-order valence-corrected chi connectivity index (χ4v) is 2.96. The molecule has 6 heteroatoms. The predicted molar refractivity (Wildman–Crippen MR) is 105 cm³/mol. The van der Waals surface area contributed by atoms with Gasteiger partial charge in [-0.15, -0.1) is 0 Å². The highest BCUT2D eigenvalue weighted by Gasteiger charge is 2.19. The van der Waals surface area contributed by atoms with Gasteiger partial charge in [0.25, 0.3) is 0 Å². The molecule has 0 bridgehead atoms. The fourth-order valence-electron chi connectivity index (χ4n) is 2.96. The highest BCUT2D eigenvalue weighted by atomic mass is 16.5. The molecule has 1 fully saturated rings. The third kappa shape index (κ3) is 7.22. The number of ether oxygens (including phenoxy) is 3. The summed E-state index contributed by atoms with van der Waals surface area (Å²) >= 11 is 0. The molecule has 1 atom stereocenters. The van der Waals surface area contributed by atoms with Crippen molar-refractivity contribution in [3.05, 3.63) is 29.8 Å². The lowest BCUT2D eigenvalue weighted by atomic mass is 10.1. The van der Waals surface area contributed by atoms with Crippen molar-refractivity contribution >= 4 is 5.96 Å². The van der Waals surface area contributed by atoms with Crippen molar-refractivity contribution in [3.63, 3.8) is 0 Å². The van der Waals surface area contributed by atoms with E-state index in [1.165, 1.54) is 0 Å². The molecule has 1 aromatic carbocycles. The number of benzene rings is 1. The maximum Gasteiger partial charge on any atom is 0.193 e. The van der Waals surface area contributed by atoms with Gasteiger partial charge in [-0.2, -0.15) is 0 Å². The van der Waals surface area contributed by atoms with E-state index in [-0.39, 0.29) is 0 Å². The van der Waals surface area contributed by atoms with Gasteiger partial charge in [-0.25, -0.2) is 4.99 Å². The van der Waals surface area contributed by atoms with E-state index in [0.29, 0.717) is 25.7 Å². The highest BCUT2D eigenvalue weighted by Crippen LogP contribution is 2.15. The van der Waals surface area contributed by atoms with E-state index in [1.54, 1.807) is 7.11 Å². The minimum atomic E-state index is 0.590. The van der Waals surface area contributed by atoms with Crippen LogP contribution < -0.4 is 10.1 Å². The second-order valence-electron chi connectivity index (χ2n) is 6.62. The molecule has 1 aliphatic heterocycles. The van der Waals surface area contributed by atoms with Crippen molar-refractivity contribution in [1.29, 1.82) is 0 Å². The Bertz CT molecular complexity index is 545. The van der Waals surface area contributed by atoms with Crippen molar-refractivity contribution in [3.8, 4) is 5.75 Å². The van der Waals surface area contributed by atoms with Crippen LogP contribution in [0.4, 0.5) is 0 Å². The largest absolute Gasteiger partial charge is 0.493 e. The molecule has 0 aromatic heterocycles. The van der Waals surface area contributed by atoms with Crippen LogP contribution in [-0.4, -0.2) is 64.5 Å². The number of nitrogens with one attached hydrogen (secondary N) is 1. The average Bonchev–Trinajstić information content (AvgIpc) is 3.15. The number of hydrogen-bond donors (Lipinski definition) is 1. The molecule has 0 saturated carbocycles. The van der Waals surface area contributed by atoms with E-state index in [1.807, 2.05) is 12.1 Å².